The van der Waals surface area contributed by atoms with Crippen LogP contribution in [0, 0.1) is 0 Å². The molecule has 0 heterocycles. The molecule has 0 bridgehead atoms. The molecule has 1 unspecified atom stereocenters. The van der Waals surface area contributed by atoms with Crippen LogP contribution in [0.2, 0.25) is 0 Å². The summed E-state index contributed by atoms with van der Waals surface area (Å²) in [5, 5.41) is 0. The molecule has 126 valence electrons. The summed E-state index contributed by atoms with van der Waals surface area (Å²) < 4.78 is 29.8. The van der Waals surface area contributed by atoms with Gasteiger partial charge in [0.1, 0.15) is 6.10 Å². The molecule has 0 aliphatic heterocycles. The van der Waals surface area contributed by atoms with Crippen molar-refractivity contribution in [1.29, 1.82) is 0 Å². The maximum absolute atomic E-state index is 12.3. The minimum Gasteiger partial charge on any atom is -0.458 e. The van der Waals surface area contributed by atoms with E-state index in [9.17, 15) is 13.2 Å². The Bertz CT molecular complexity index is 890. The average Bonchev–Trinajstić information content (AvgIpc) is 2.90. The third kappa shape index (κ3) is 3.66. The second-order valence-corrected chi connectivity index (χ2v) is 7.88. The number of hydrogen-bond donors (Lipinski definition) is 1. The molecule has 3 rings (SSSR count). The molecule has 0 fully saturated rings. The van der Waals surface area contributed by atoms with Gasteiger partial charge in [-0.3, -0.25) is 0 Å². The zero-order valence-corrected chi connectivity index (χ0v) is 14.4. The van der Waals surface area contributed by atoms with E-state index in [4.69, 9.17) is 4.74 Å². The fourth-order valence-corrected chi connectivity index (χ4v) is 3.37. The summed E-state index contributed by atoms with van der Waals surface area (Å²) in [6.45, 7) is 1.71. The summed E-state index contributed by atoms with van der Waals surface area (Å²) in [6, 6.07) is 13.7. The van der Waals surface area contributed by atoms with E-state index in [1.165, 1.54) is 11.1 Å². The summed E-state index contributed by atoms with van der Waals surface area (Å²) in [7, 11) is -3.30. The summed E-state index contributed by atoms with van der Waals surface area (Å²) >= 11 is 0. The number of rotatable bonds is 5. The van der Waals surface area contributed by atoms with Gasteiger partial charge in [-0.2, -0.15) is 0 Å². The molecule has 1 aliphatic carbocycles. The van der Waals surface area contributed by atoms with Crippen molar-refractivity contribution in [2.75, 3.05) is 12.8 Å². The van der Waals surface area contributed by atoms with Crippen molar-refractivity contribution in [1.82, 2.24) is 4.72 Å². The highest BCUT2D eigenvalue weighted by molar-refractivity contribution is 7.88. The van der Waals surface area contributed by atoms with Crippen LogP contribution in [0.1, 0.15) is 28.4 Å². The van der Waals surface area contributed by atoms with Gasteiger partial charge >= 0.3 is 5.97 Å². The topological polar surface area (TPSA) is 72.5 Å². The van der Waals surface area contributed by atoms with E-state index in [1.54, 1.807) is 13.0 Å². The summed E-state index contributed by atoms with van der Waals surface area (Å²) in [4.78, 5) is 12.3. The van der Waals surface area contributed by atoms with Gasteiger partial charge in [0.05, 0.1) is 11.8 Å². The van der Waals surface area contributed by atoms with E-state index in [0.29, 0.717) is 5.56 Å². The van der Waals surface area contributed by atoms with Crippen LogP contribution in [0.4, 0.5) is 0 Å². The number of hydrogen-bond acceptors (Lipinski definition) is 4. The van der Waals surface area contributed by atoms with E-state index in [0.717, 1.165) is 23.8 Å². The monoisotopic (exact) mass is 345 g/mol. The average molecular weight is 345 g/mol. The van der Waals surface area contributed by atoms with Crippen molar-refractivity contribution in [3.63, 3.8) is 0 Å². The zero-order valence-electron chi connectivity index (χ0n) is 13.6. The minimum absolute atomic E-state index is 0.0565. The second kappa shape index (κ2) is 6.37. The highest BCUT2D eigenvalue weighted by Gasteiger charge is 2.20. The first-order chi connectivity index (χ1) is 11.3. The van der Waals surface area contributed by atoms with Gasteiger partial charge in [0.15, 0.2) is 0 Å². The number of nitrogens with one attached hydrogen (secondary N) is 1. The summed E-state index contributed by atoms with van der Waals surface area (Å²) in [5.41, 5.74) is 5.19. The van der Waals surface area contributed by atoms with E-state index in [1.807, 2.05) is 24.3 Å². The molecular formula is C18H19NO4S. The number of esters is 1. The Hall–Kier alpha value is -2.18. The lowest BCUT2D eigenvalue weighted by atomic mass is 10.0. The molecule has 0 saturated heterocycles. The van der Waals surface area contributed by atoms with Gasteiger partial charge in [0, 0.05) is 6.54 Å². The highest BCUT2D eigenvalue weighted by Crippen LogP contribution is 2.36. The lowest BCUT2D eigenvalue weighted by Crippen LogP contribution is -2.32. The van der Waals surface area contributed by atoms with Crippen LogP contribution in [0.15, 0.2) is 42.5 Å². The van der Waals surface area contributed by atoms with E-state index >= 15 is 0 Å². The first-order valence-corrected chi connectivity index (χ1v) is 9.59. The van der Waals surface area contributed by atoms with Crippen LogP contribution in [0.5, 0.6) is 0 Å². The van der Waals surface area contributed by atoms with Crippen molar-refractivity contribution in [2.45, 2.75) is 19.4 Å². The number of ether oxygens (including phenoxy) is 1. The van der Waals surface area contributed by atoms with Crippen LogP contribution < -0.4 is 4.72 Å². The molecule has 0 spiro atoms. The van der Waals surface area contributed by atoms with Crippen LogP contribution in [-0.4, -0.2) is 33.3 Å². The zero-order chi connectivity index (χ0) is 17.3. The Morgan fingerprint density at radius 3 is 2.62 bits per heavy atom. The molecule has 6 heteroatoms. The fourth-order valence-electron chi connectivity index (χ4n) is 2.83. The molecule has 5 nitrogen and oxygen atoms in total. The third-order valence-electron chi connectivity index (χ3n) is 3.97. The molecule has 0 saturated carbocycles. The maximum atomic E-state index is 12.3. The predicted octanol–water partition coefficient (Wildman–Crippen LogP) is 2.35. The van der Waals surface area contributed by atoms with Crippen molar-refractivity contribution in [3.8, 4) is 11.1 Å². The molecule has 0 aromatic heterocycles. The summed E-state index contributed by atoms with van der Waals surface area (Å²) in [6.07, 6.45) is 1.33. The number of benzene rings is 2. The van der Waals surface area contributed by atoms with Gasteiger partial charge in [-0.1, -0.05) is 30.3 Å². The molecule has 1 atom stereocenters. The largest absolute Gasteiger partial charge is 0.458 e. The van der Waals surface area contributed by atoms with E-state index in [2.05, 4.69) is 16.9 Å². The van der Waals surface area contributed by atoms with Crippen LogP contribution in [-0.2, 0) is 21.2 Å². The van der Waals surface area contributed by atoms with Gasteiger partial charge in [-0.05, 0) is 47.7 Å². The normalized spacial score (nSPS) is 13.9. The molecule has 0 amide bonds. The molecular weight excluding hydrogens is 326 g/mol. The quantitative estimate of drug-likeness (QED) is 0.721. The molecule has 2 aromatic carbocycles. The molecule has 1 aliphatic rings. The predicted molar refractivity (Wildman–Crippen MR) is 92.4 cm³/mol. The number of carbonyl (C=O) groups excluding carboxylic acids is 1. The second-order valence-electron chi connectivity index (χ2n) is 6.04. The molecule has 24 heavy (non-hydrogen) atoms. The SMILES string of the molecule is CC(CNS(C)(=O)=O)OC(=O)c1ccc2c(c1)Cc1ccccc1-2. The lowest BCUT2D eigenvalue weighted by molar-refractivity contribution is 0.0352. The first kappa shape index (κ1) is 16.7. The smallest absolute Gasteiger partial charge is 0.338 e. The van der Waals surface area contributed by atoms with Crippen molar-refractivity contribution < 1.29 is 17.9 Å². The molecule has 1 N–H and O–H groups in total. The number of sulfonamides is 1. The van der Waals surface area contributed by atoms with Gasteiger partial charge in [-0.15, -0.1) is 0 Å². The molecule has 0 radical (unpaired) electrons. The maximum Gasteiger partial charge on any atom is 0.338 e. The van der Waals surface area contributed by atoms with Crippen LogP contribution in [0.3, 0.4) is 0 Å². The van der Waals surface area contributed by atoms with Crippen molar-refractivity contribution in [3.05, 3.63) is 59.2 Å². The minimum atomic E-state index is -3.30. The fraction of sp³-hybridized carbons (Fsp3) is 0.278. The Kier molecular flexibility index (Phi) is 4.43. The van der Waals surface area contributed by atoms with Crippen LogP contribution >= 0.6 is 0 Å². The van der Waals surface area contributed by atoms with Crippen molar-refractivity contribution >= 4 is 16.0 Å². The lowest BCUT2D eigenvalue weighted by Gasteiger charge is -2.14. The van der Waals surface area contributed by atoms with Gasteiger partial charge in [0.2, 0.25) is 10.0 Å². The van der Waals surface area contributed by atoms with Gasteiger partial charge in [-0.25, -0.2) is 17.9 Å². The van der Waals surface area contributed by atoms with E-state index in [-0.39, 0.29) is 6.54 Å². The first-order valence-electron chi connectivity index (χ1n) is 7.70. The Morgan fingerprint density at radius 1 is 1.17 bits per heavy atom. The van der Waals surface area contributed by atoms with Crippen LogP contribution in [0.25, 0.3) is 11.1 Å². The summed E-state index contributed by atoms with van der Waals surface area (Å²) in [5.74, 6) is -0.448. The van der Waals surface area contributed by atoms with E-state index < -0.39 is 22.1 Å². The Morgan fingerprint density at radius 2 is 1.88 bits per heavy atom. The number of carbonyl (C=O) groups is 1. The van der Waals surface area contributed by atoms with Crippen molar-refractivity contribution in [2.24, 2.45) is 0 Å². The third-order valence-corrected chi connectivity index (χ3v) is 4.66. The number of fused-ring (bicyclic) bond motifs is 3. The Balaban J connectivity index is 1.70. The standard InChI is InChI=1S/C18H19NO4S/c1-12(11-19-24(2,21)22)23-18(20)14-7-8-17-15(10-14)9-13-5-3-4-6-16(13)17/h3-8,10,12,19H,9,11H2,1-2H3. The van der Waals surface area contributed by atoms with Gasteiger partial charge < -0.3 is 4.74 Å². The highest BCUT2D eigenvalue weighted by atomic mass is 32.2. The Labute approximate surface area is 141 Å². The molecule has 2 aromatic rings. The van der Waals surface area contributed by atoms with Gasteiger partial charge in [0.25, 0.3) is 0 Å².